The molecule has 0 aromatic carbocycles. The minimum Gasteiger partial charge on any atom is -0.300 e. The van der Waals surface area contributed by atoms with Crippen LogP contribution in [-0.2, 0) is 9.59 Å². The first kappa shape index (κ1) is 11.6. The van der Waals surface area contributed by atoms with Gasteiger partial charge < -0.3 is 4.79 Å². The Kier molecular flexibility index (Phi) is 6.55. The standard InChI is InChI=1S/C8H13N3O2/c1-7(12)4-2-3-5-8(13)6-10-11-9/h2-6H2,1H3. The average Bonchev–Trinajstić information content (AvgIpc) is 2.08. The van der Waals surface area contributed by atoms with Crippen molar-refractivity contribution in [3.8, 4) is 0 Å². The van der Waals surface area contributed by atoms with Gasteiger partial charge >= 0.3 is 0 Å². The molecule has 0 amide bonds. The zero-order valence-corrected chi connectivity index (χ0v) is 7.69. The predicted octanol–water partition coefficient (Wildman–Crippen LogP) is 2.02. The van der Waals surface area contributed by atoms with E-state index in [-0.39, 0.29) is 18.1 Å². The lowest BCUT2D eigenvalue weighted by atomic mass is 10.1. The van der Waals surface area contributed by atoms with E-state index >= 15 is 0 Å². The molecule has 5 nitrogen and oxygen atoms in total. The number of unbranched alkanes of at least 4 members (excludes halogenated alkanes) is 1. The van der Waals surface area contributed by atoms with Gasteiger partial charge in [-0.25, -0.2) is 0 Å². The van der Waals surface area contributed by atoms with Crippen LogP contribution in [0.3, 0.4) is 0 Å². The van der Waals surface area contributed by atoms with Crippen LogP contribution in [0, 0.1) is 0 Å². The molecule has 0 radical (unpaired) electrons. The quantitative estimate of drug-likeness (QED) is 0.262. The van der Waals surface area contributed by atoms with E-state index in [1.54, 1.807) is 0 Å². The second kappa shape index (κ2) is 7.31. The van der Waals surface area contributed by atoms with Gasteiger partial charge in [-0.3, -0.25) is 4.79 Å². The van der Waals surface area contributed by atoms with Crippen molar-refractivity contribution in [2.45, 2.75) is 32.6 Å². The highest BCUT2D eigenvalue weighted by atomic mass is 16.1. The van der Waals surface area contributed by atoms with Crippen LogP contribution in [0.2, 0.25) is 0 Å². The SMILES string of the molecule is CC(=O)CCCCC(=O)CN=[N+]=[N-]. The normalized spacial score (nSPS) is 9.00. The molecule has 0 atom stereocenters. The molecule has 0 spiro atoms. The molecule has 0 aromatic heterocycles. The maximum atomic E-state index is 10.9. The Labute approximate surface area is 76.8 Å². The lowest BCUT2D eigenvalue weighted by molar-refractivity contribution is -0.119. The maximum absolute atomic E-state index is 10.9. The van der Waals surface area contributed by atoms with Gasteiger partial charge in [0.1, 0.15) is 11.6 Å². The Morgan fingerprint density at radius 1 is 1.31 bits per heavy atom. The summed E-state index contributed by atoms with van der Waals surface area (Å²) in [4.78, 5) is 23.9. The first-order chi connectivity index (χ1) is 6.16. The smallest absolute Gasteiger partial charge is 0.138 e. The second-order valence-corrected chi connectivity index (χ2v) is 2.84. The first-order valence-electron chi connectivity index (χ1n) is 4.19. The molecule has 0 aliphatic carbocycles. The molecular formula is C8H13N3O2. The van der Waals surface area contributed by atoms with E-state index < -0.39 is 0 Å². The summed E-state index contributed by atoms with van der Waals surface area (Å²) in [7, 11) is 0. The molecule has 0 aliphatic heterocycles. The minimum atomic E-state index is -0.0728. The van der Waals surface area contributed by atoms with E-state index in [0.717, 1.165) is 6.42 Å². The molecule has 72 valence electrons. The van der Waals surface area contributed by atoms with E-state index in [2.05, 4.69) is 10.0 Å². The summed E-state index contributed by atoms with van der Waals surface area (Å²) in [5, 5.41) is 3.15. The minimum absolute atomic E-state index is 0.0682. The van der Waals surface area contributed by atoms with Gasteiger partial charge in [0.05, 0.1) is 6.54 Å². The van der Waals surface area contributed by atoms with Gasteiger partial charge in [-0.05, 0) is 25.3 Å². The number of ketones is 2. The Hall–Kier alpha value is -1.35. The Morgan fingerprint density at radius 2 is 1.92 bits per heavy atom. The fourth-order valence-electron chi connectivity index (χ4n) is 0.886. The van der Waals surface area contributed by atoms with Gasteiger partial charge in [0, 0.05) is 17.8 Å². The van der Waals surface area contributed by atoms with Crippen molar-refractivity contribution in [2.75, 3.05) is 6.54 Å². The fraction of sp³-hybridized carbons (Fsp3) is 0.750. The Balaban J connectivity index is 3.37. The highest BCUT2D eigenvalue weighted by Crippen LogP contribution is 2.01. The van der Waals surface area contributed by atoms with Crippen LogP contribution >= 0.6 is 0 Å². The van der Waals surface area contributed by atoms with Gasteiger partial charge in [0.15, 0.2) is 0 Å². The van der Waals surface area contributed by atoms with Crippen molar-refractivity contribution in [3.05, 3.63) is 10.4 Å². The summed E-state index contributed by atoms with van der Waals surface area (Å²) in [5.74, 6) is 0.0730. The topological polar surface area (TPSA) is 82.9 Å². The summed E-state index contributed by atoms with van der Waals surface area (Å²) in [5.41, 5.74) is 7.92. The van der Waals surface area contributed by atoms with E-state index in [1.807, 2.05) is 0 Å². The fourth-order valence-corrected chi connectivity index (χ4v) is 0.886. The number of carbonyl (C=O) groups is 2. The van der Waals surface area contributed by atoms with Crippen molar-refractivity contribution >= 4 is 11.6 Å². The number of rotatable bonds is 7. The summed E-state index contributed by atoms with van der Waals surface area (Å²) < 4.78 is 0. The first-order valence-corrected chi connectivity index (χ1v) is 4.19. The molecule has 13 heavy (non-hydrogen) atoms. The molecule has 0 aromatic rings. The van der Waals surface area contributed by atoms with Gasteiger partial charge in [0.25, 0.3) is 0 Å². The monoisotopic (exact) mass is 183 g/mol. The van der Waals surface area contributed by atoms with E-state index in [9.17, 15) is 9.59 Å². The van der Waals surface area contributed by atoms with E-state index in [0.29, 0.717) is 19.3 Å². The number of hydrogen-bond donors (Lipinski definition) is 0. The van der Waals surface area contributed by atoms with Crippen molar-refractivity contribution in [1.82, 2.24) is 0 Å². The van der Waals surface area contributed by atoms with E-state index in [4.69, 9.17) is 5.53 Å². The third kappa shape index (κ3) is 8.56. The van der Waals surface area contributed by atoms with Crippen LogP contribution in [0.25, 0.3) is 10.4 Å². The van der Waals surface area contributed by atoms with Gasteiger partial charge in [-0.1, -0.05) is 5.11 Å². The zero-order chi connectivity index (χ0) is 10.1. The molecular weight excluding hydrogens is 170 g/mol. The summed E-state index contributed by atoms with van der Waals surface area (Å²) in [6, 6.07) is 0. The van der Waals surface area contributed by atoms with Crippen molar-refractivity contribution < 1.29 is 9.59 Å². The Morgan fingerprint density at radius 3 is 2.46 bits per heavy atom. The number of carbonyl (C=O) groups excluding carboxylic acids is 2. The zero-order valence-electron chi connectivity index (χ0n) is 7.69. The lowest BCUT2D eigenvalue weighted by Gasteiger charge is -1.95. The van der Waals surface area contributed by atoms with Crippen molar-refractivity contribution in [3.63, 3.8) is 0 Å². The van der Waals surface area contributed by atoms with Gasteiger partial charge in [-0.15, -0.1) is 0 Å². The molecule has 0 saturated heterocycles. The predicted molar refractivity (Wildman–Crippen MR) is 48.2 cm³/mol. The molecule has 0 bridgehead atoms. The Bertz CT molecular complexity index is 232. The molecule has 0 saturated carbocycles. The summed E-state index contributed by atoms with van der Waals surface area (Å²) in [6.45, 7) is 1.46. The van der Waals surface area contributed by atoms with E-state index in [1.165, 1.54) is 6.92 Å². The highest BCUT2D eigenvalue weighted by Gasteiger charge is 2.00. The van der Waals surface area contributed by atoms with Crippen LogP contribution in [0.15, 0.2) is 5.11 Å². The van der Waals surface area contributed by atoms with Crippen molar-refractivity contribution in [1.29, 1.82) is 0 Å². The van der Waals surface area contributed by atoms with Crippen LogP contribution < -0.4 is 0 Å². The molecule has 0 aliphatic rings. The van der Waals surface area contributed by atoms with Crippen molar-refractivity contribution in [2.24, 2.45) is 5.11 Å². The summed E-state index contributed by atoms with van der Waals surface area (Å²) >= 11 is 0. The molecule has 5 heteroatoms. The van der Waals surface area contributed by atoms with Crippen LogP contribution in [-0.4, -0.2) is 18.1 Å². The van der Waals surface area contributed by atoms with Crippen LogP contribution in [0.4, 0.5) is 0 Å². The van der Waals surface area contributed by atoms with Crippen LogP contribution in [0.5, 0.6) is 0 Å². The highest BCUT2D eigenvalue weighted by molar-refractivity contribution is 5.80. The molecule has 0 heterocycles. The van der Waals surface area contributed by atoms with Gasteiger partial charge in [-0.2, -0.15) is 0 Å². The largest absolute Gasteiger partial charge is 0.300 e. The average molecular weight is 183 g/mol. The molecule has 0 fully saturated rings. The van der Waals surface area contributed by atoms with Gasteiger partial charge in [0.2, 0.25) is 0 Å². The molecule has 0 rings (SSSR count). The third-order valence-corrected chi connectivity index (χ3v) is 1.54. The number of hydrogen-bond acceptors (Lipinski definition) is 3. The lowest BCUT2D eigenvalue weighted by Crippen LogP contribution is -2.01. The van der Waals surface area contributed by atoms with Crippen LogP contribution in [0.1, 0.15) is 32.6 Å². The third-order valence-electron chi connectivity index (χ3n) is 1.54. The summed E-state index contributed by atoms with van der Waals surface area (Å²) in [6.07, 6.45) is 2.35. The molecule has 0 unspecified atom stereocenters. The number of nitrogens with zero attached hydrogens (tertiary/aromatic N) is 3. The second-order valence-electron chi connectivity index (χ2n) is 2.84. The number of azide groups is 1. The maximum Gasteiger partial charge on any atom is 0.138 e. The molecule has 0 N–H and O–H groups in total. The number of Topliss-reactive ketones (excluding diaryl/α,β-unsaturated/α-hetero) is 2.